The van der Waals surface area contributed by atoms with Crippen LogP contribution in [0, 0.1) is 5.92 Å². The van der Waals surface area contributed by atoms with Gasteiger partial charge >= 0.3 is 0 Å². The van der Waals surface area contributed by atoms with Gasteiger partial charge in [-0.25, -0.2) is 4.98 Å². The molecule has 1 aliphatic carbocycles. The van der Waals surface area contributed by atoms with Gasteiger partial charge in [-0.15, -0.1) is 0 Å². The number of carbonyl (C=O) groups is 1. The van der Waals surface area contributed by atoms with Gasteiger partial charge in [0.25, 0.3) is 0 Å². The molecular weight excluding hydrogens is 306 g/mol. The zero-order chi connectivity index (χ0) is 13.5. The van der Waals surface area contributed by atoms with E-state index >= 15 is 0 Å². The number of amides is 1. The maximum atomic E-state index is 11.7. The molecule has 1 heterocycles. The standard InChI is InChI=1S/C14H20BrN3O/c15-12-5-6-13(18-10-12)16-7-8-17-14(19)9-11-3-1-2-4-11/h5-6,10-11H,1-4,7-9H2,(H,16,18)(H,17,19). The summed E-state index contributed by atoms with van der Waals surface area (Å²) < 4.78 is 0.961. The normalized spacial score (nSPS) is 15.4. The summed E-state index contributed by atoms with van der Waals surface area (Å²) in [5.41, 5.74) is 0. The average molecular weight is 326 g/mol. The summed E-state index contributed by atoms with van der Waals surface area (Å²) in [7, 11) is 0. The van der Waals surface area contributed by atoms with Gasteiger partial charge in [-0.05, 0) is 46.8 Å². The zero-order valence-electron chi connectivity index (χ0n) is 11.0. The number of carbonyl (C=O) groups excluding carboxylic acids is 1. The molecule has 0 spiro atoms. The molecule has 0 bridgehead atoms. The van der Waals surface area contributed by atoms with Crippen LogP contribution in [0.4, 0.5) is 5.82 Å². The van der Waals surface area contributed by atoms with Crippen molar-refractivity contribution in [1.82, 2.24) is 10.3 Å². The van der Waals surface area contributed by atoms with E-state index in [0.717, 1.165) is 10.3 Å². The van der Waals surface area contributed by atoms with E-state index < -0.39 is 0 Å². The fourth-order valence-corrected chi connectivity index (χ4v) is 2.66. The van der Waals surface area contributed by atoms with Crippen LogP contribution in [0.5, 0.6) is 0 Å². The molecule has 104 valence electrons. The number of halogens is 1. The molecule has 0 radical (unpaired) electrons. The first-order valence-corrected chi connectivity index (χ1v) is 7.65. The molecule has 1 saturated carbocycles. The summed E-state index contributed by atoms with van der Waals surface area (Å²) in [6.45, 7) is 1.34. The maximum absolute atomic E-state index is 11.7. The topological polar surface area (TPSA) is 54.0 Å². The Labute approximate surface area is 122 Å². The molecule has 0 aromatic carbocycles. The molecule has 0 atom stereocenters. The van der Waals surface area contributed by atoms with Crippen LogP contribution in [0.25, 0.3) is 0 Å². The second-order valence-corrected chi connectivity index (χ2v) is 5.91. The van der Waals surface area contributed by atoms with E-state index in [0.29, 0.717) is 25.4 Å². The van der Waals surface area contributed by atoms with Crippen molar-refractivity contribution in [1.29, 1.82) is 0 Å². The SMILES string of the molecule is O=C(CC1CCCC1)NCCNc1ccc(Br)cn1. The lowest BCUT2D eigenvalue weighted by Gasteiger charge is -2.10. The number of rotatable bonds is 6. The van der Waals surface area contributed by atoms with Gasteiger partial charge in [0.05, 0.1) is 0 Å². The van der Waals surface area contributed by atoms with Crippen molar-refractivity contribution in [2.45, 2.75) is 32.1 Å². The minimum absolute atomic E-state index is 0.178. The lowest BCUT2D eigenvalue weighted by atomic mass is 10.0. The maximum Gasteiger partial charge on any atom is 0.220 e. The van der Waals surface area contributed by atoms with Crippen LogP contribution in [0.2, 0.25) is 0 Å². The van der Waals surface area contributed by atoms with Gasteiger partial charge < -0.3 is 10.6 Å². The lowest BCUT2D eigenvalue weighted by molar-refractivity contribution is -0.121. The predicted octanol–water partition coefficient (Wildman–Crippen LogP) is 2.95. The van der Waals surface area contributed by atoms with E-state index in [9.17, 15) is 4.79 Å². The van der Waals surface area contributed by atoms with Gasteiger partial charge in [0, 0.05) is 30.2 Å². The number of pyridine rings is 1. The Morgan fingerprint density at radius 1 is 1.32 bits per heavy atom. The van der Waals surface area contributed by atoms with Crippen molar-refractivity contribution in [3.63, 3.8) is 0 Å². The van der Waals surface area contributed by atoms with E-state index in [-0.39, 0.29) is 5.91 Å². The fraction of sp³-hybridized carbons (Fsp3) is 0.571. The summed E-state index contributed by atoms with van der Waals surface area (Å²) in [5.74, 6) is 1.62. The molecule has 4 nitrogen and oxygen atoms in total. The summed E-state index contributed by atoms with van der Waals surface area (Å²) in [6, 6.07) is 3.85. The highest BCUT2D eigenvalue weighted by atomic mass is 79.9. The number of hydrogen-bond acceptors (Lipinski definition) is 3. The van der Waals surface area contributed by atoms with Crippen LogP contribution in [0.15, 0.2) is 22.8 Å². The number of anilines is 1. The van der Waals surface area contributed by atoms with E-state index in [1.807, 2.05) is 12.1 Å². The molecule has 0 saturated heterocycles. The van der Waals surface area contributed by atoms with Crippen molar-refractivity contribution < 1.29 is 4.79 Å². The molecule has 0 aliphatic heterocycles. The van der Waals surface area contributed by atoms with E-state index in [2.05, 4.69) is 31.5 Å². The Kier molecular flexibility index (Phi) is 5.63. The smallest absolute Gasteiger partial charge is 0.220 e. The third-order valence-electron chi connectivity index (χ3n) is 3.43. The van der Waals surface area contributed by atoms with E-state index in [1.54, 1.807) is 6.20 Å². The van der Waals surface area contributed by atoms with Crippen LogP contribution in [0.3, 0.4) is 0 Å². The third kappa shape index (κ3) is 5.19. The molecule has 5 heteroatoms. The molecule has 19 heavy (non-hydrogen) atoms. The molecule has 1 aromatic rings. The largest absolute Gasteiger partial charge is 0.368 e. The van der Waals surface area contributed by atoms with Gasteiger partial charge in [0.15, 0.2) is 0 Å². The van der Waals surface area contributed by atoms with Gasteiger partial charge in [0.1, 0.15) is 5.82 Å². The van der Waals surface area contributed by atoms with Crippen molar-refractivity contribution in [3.8, 4) is 0 Å². The lowest BCUT2D eigenvalue weighted by Crippen LogP contribution is -2.29. The van der Waals surface area contributed by atoms with E-state index in [4.69, 9.17) is 0 Å². The Hall–Kier alpha value is -1.10. The second kappa shape index (κ2) is 7.48. The predicted molar refractivity (Wildman–Crippen MR) is 80.0 cm³/mol. The Bertz CT molecular complexity index is 402. The number of nitrogens with zero attached hydrogens (tertiary/aromatic N) is 1. The molecule has 1 amide bonds. The van der Waals surface area contributed by atoms with Crippen LogP contribution < -0.4 is 10.6 Å². The van der Waals surface area contributed by atoms with Crippen LogP contribution >= 0.6 is 15.9 Å². The van der Waals surface area contributed by atoms with Crippen molar-refractivity contribution >= 4 is 27.7 Å². The van der Waals surface area contributed by atoms with Crippen molar-refractivity contribution in [2.75, 3.05) is 18.4 Å². The highest BCUT2D eigenvalue weighted by molar-refractivity contribution is 9.10. The minimum Gasteiger partial charge on any atom is -0.368 e. The summed E-state index contributed by atoms with van der Waals surface area (Å²) in [4.78, 5) is 15.9. The first kappa shape index (κ1) is 14.3. The second-order valence-electron chi connectivity index (χ2n) is 4.99. The summed E-state index contributed by atoms with van der Waals surface area (Å²) in [6.07, 6.45) is 7.45. The first-order chi connectivity index (χ1) is 9.24. The third-order valence-corrected chi connectivity index (χ3v) is 3.90. The molecule has 1 aliphatic rings. The number of hydrogen-bond donors (Lipinski definition) is 2. The Balaban J connectivity index is 1.58. The van der Waals surface area contributed by atoms with Crippen LogP contribution in [0.1, 0.15) is 32.1 Å². The number of aromatic nitrogens is 1. The van der Waals surface area contributed by atoms with Crippen LogP contribution in [-0.2, 0) is 4.79 Å². The van der Waals surface area contributed by atoms with Crippen LogP contribution in [-0.4, -0.2) is 24.0 Å². The minimum atomic E-state index is 0.178. The molecule has 1 fully saturated rings. The van der Waals surface area contributed by atoms with Crippen molar-refractivity contribution in [2.24, 2.45) is 5.92 Å². The highest BCUT2D eigenvalue weighted by Gasteiger charge is 2.17. The van der Waals surface area contributed by atoms with Crippen molar-refractivity contribution in [3.05, 3.63) is 22.8 Å². The average Bonchev–Trinajstić information content (AvgIpc) is 2.89. The zero-order valence-corrected chi connectivity index (χ0v) is 12.6. The van der Waals surface area contributed by atoms with Gasteiger partial charge in [-0.3, -0.25) is 4.79 Å². The Morgan fingerprint density at radius 2 is 2.11 bits per heavy atom. The number of nitrogens with one attached hydrogen (secondary N) is 2. The van der Waals surface area contributed by atoms with Gasteiger partial charge in [0.2, 0.25) is 5.91 Å². The molecule has 0 unspecified atom stereocenters. The molecule has 2 N–H and O–H groups in total. The Morgan fingerprint density at radius 3 is 2.79 bits per heavy atom. The molecular formula is C14H20BrN3O. The highest BCUT2D eigenvalue weighted by Crippen LogP contribution is 2.27. The first-order valence-electron chi connectivity index (χ1n) is 6.86. The van der Waals surface area contributed by atoms with E-state index in [1.165, 1.54) is 25.7 Å². The molecule has 1 aromatic heterocycles. The quantitative estimate of drug-likeness (QED) is 0.790. The fourth-order valence-electron chi connectivity index (χ4n) is 2.42. The van der Waals surface area contributed by atoms with Gasteiger partial charge in [-0.2, -0.15) is 0 Å². The molecule has 2 rings (SSSR count). The van der Waals surface area contributed by atoms with Gasteiger partial charge in [-0.1, -0.05) is 12.8 Å². The summed E-state index contributed by atoms with van der Waals surface area (Å²) >= 11 is 3.34. The monoisotopic (exact) mass is 325 g/mol. The summed E-state index contributed by atoms with van der Waals surface area (Å²) in [5, 5.41) is 6.13.